The molecule has 5 heteroatoms. The molecule has 1 aliphatic heterocycles. The number of rotatable bonds is 7. The summed E-state index contributed by atoms with van der Waals surface area (Å²) >= 11 is 12.3. The van der Waals surface area contributed by atoms with E-state index in [9.17, 15) is 0 Å². The Bertz CT molecular complexity index is 672. The maximum atomic E-state index is 6.18. The molecule has 0 radical (unpaired) electrons. The number of hydrogen-bond acceptors (Lipinski definition) is 3. The van der Waals surface area contributed by atoms with Crippen molar-refractivity contribution in [2.45, 2.75) is 32.1 Å². The molecule has 0 amide bonds. The van der Waals surface area contributed by atoms with Gasteiger partial charge < -0.3 is 14.8 Å². The van der Waals surface area contributed by atoms with Crippen LogP contribution in [0.3, 0.4) is 0 Å². The van der Waals surface area contributed by atoms with E-state index in [4.69, 9.17) is 32.7 Å². The lowest BCUT2D eigenvalue weighted by atomic mass is 10.2. The summed E-state index contributed by atoms with van der Waals surface area (Å²) in [4.78, 5) is 0. The molecule has 2 aromatic rings. The van der Waals surface area contributed by atoms with Crippen molar-refractivity contribution in [2.75, 3.05) is 13.2 Å². The smallest absolute Gasteiger partial charge is 0.124 e. The van der Waals surface area contributed by atoms with E-state index in [1.165, 1.54) is 0 Å². The normalized spacial score (nSPS) is 17.2. The molecule has 1 unspecified atom stereocenters. The highest BCUT2D eigenvalue weighted by Crippen LogP contribution is 2.25. The molecule has 24 heavy (non-hydrogen) atoms. The van der Waals surface area contributed by atoms with Crippen molar-refractivity contribution in [2.24, 2.45) is 0 Å². The number of halogens is 2. The summed E-state index contributed by atoms with van der Waals surface area (Å²) < 4.78 is 11.6. The van der Waals surface area contributed by atoms with Gasteiger partial charge in [-0.2, -0.15) is 0 Å². The molecule has 1 N–H and O–H groups in total. The Balaban J connectivity index is 1.60. The van der Waals surface area contributed by atoms with Gasteiger partial charge in [0.15, 0.2) is 0 Å². The average Bonchev–Trinajstić information content (AvgIpc) is 3.09. The Morgan fingerprint density at radius 2 is 2.00 bits per heavy atom. The van der Waals surface area contributed by atoms with Gasteiger partial charge in [0.25, 0.3) is 0 Å². The van der Waals surface area contributed by atoms with Crippen LogP contribution in [0.25, 0.3) is 0 Å². The van der Waals surface area contributed by atoms with Crippen molar-refractivity contribution in [3.05, 3.63) is 63.6 Å². The number of benzene rings is 2. The molecule has 0 aromatic heterocycles. The molecule has 3 rings (SSSR count). The third kappa shape index (κ3) is 4.87. The minimum absolute atomic E-state index is 0.316. The molecule has 1 heterocycles. The van der Waals surface area contributed by atoms with Crippen LogP contribution in [0.2, 0.25) is 10.0 Å². The van der Waals surface area contributed by atoms with E-state index < -0.39 is 0 Å². The average molecular weight is 366 g/mol. The lowest BCUT2D eigenvalue weighted by Crippen LogP contribution is -2.26. The van der Waals surface area contributed by atoms with Gasteiger partial charge in [0.2, 0.25) is 0 Å². The molecule has 2 aromatic carbocycles. The van der Waals surface area contributed by atoms with E-state index in [0.717, 1.165) is 42.9 Å². The summed E-state index contributed by atoms with van der Waals surface area (Å²) in [6.45, 7) is 2.84. The van der Waals surface area contributed by atoms with E-state index in [1.807, 2.05) is 42.5 Å². The molecule has 1 saturated heterocycles. The summed E-state index contributed by atoms with van der Waals surface area (Å²) in [5.41, 5.74) is 2.00. The standard InChI is InChI=1S/C19H21Cl2NO2/c20-16-7-8-19(24-13-14-4-1-2-6-18(14)21)15(10-16)11-22-12-17-5-3-9-23-17/h1-2,4,6-8,10,17,22H,3,5,9,11-13H2. The van der Waals surface area contributed by atoms with Crippen molar-refractivity contribution in [3.63, 3.8) is 0 Å². The van der Waals surface area contributed by atoms with Gasteiger partial charge in [-0.3, -0.25) is 0 Å². The Hall–Kier alpha value is -1.26. The van der Waals surface area contributed by atoms with Crippen molar-refractivity contribution < 1.29 is 9.47 Å². The van der Waals surface area contributed by atoms with Gasteiger partial charge in [0, 0.05) is 40.9 Å². The summed E-state index contributed by atoms with van der Waals surface area (Å²) in [5.74, 6) is 0.819. The summed E-state index contributed by atoms with van der Waals surface area (Å²) in [6.07, 6.45) is 2.59. The van der Waals surface area contributed by atoms with E-state index >= 15 is 0 Å². The van der Waals surface area contributed by atoms with Crippen LogP contribution in [0, 0.1) is 0 Å². The Morgan fingerprint density at radius 1 is 1.12 bits per heavy atom. The molecule has 128 valence electrons. The Morgan fingerprint density at radius 3 is 2.79 bits per heavy atom. The van der Waals surface area contributed by atoms with E-state index in [2.05, 4.69) is 5.32 Å². The fourth-order valence-corrected chi connectivity index (χ4v) is 3.16. The zero-order chi connectivity index (χ0) is 16.8. The monoisotopic (exact) mass is 365 g/mol. The number of ether oxygens (including phenoxy) is 2. The van der Waals surface area contributed by atoms with Crippen LogP contribution < -0.4 is 10.1 Å². The lowest BCUT2D eigenvalue weighted by molar-refractivity contribution is 0.110. The van der Waals surface area contributed by atoms with Gasteiger partial charge in [0.1, 0.15) is 12.4 Å². The highest BCUT2D eigenvalue weighted by molar-refractivity contribution is 6.31. The predicted octanol–water partition coefficient (Wildman–Crippen LogP) is 4.84. The first kappa shape index (κ1) is 17.6. The second-order valence-electron chi connectivity index (χ2n) is 5.90. The molecule has 0 saturated carbocycles. The van der Waals surface area contributed by atoms with Crippen LogP contribution in [-0.4, -0.2) is 19.3 Å². The Kier molecular flexibility index (Phi) is 6.38. The molecule has 0 spiro atoms. The fourth-order valence-electron chi connectivity index (χ4n) is 2.77. The second kappa shape index (κ2) is 8.72. The third-order valence-electron chi connectivity index (χ3n) is 4.07. The van der Waals surface area contributed by atoms with Gasteiger partial charge in [-0.05, 0) is 37.1 Å². The third-order valence-corrected chi connectivity index (χ3v) is 4.68. The summed E-state index contributed by atoms with van der Waals surface area (Å²) in [6, 6.07) is 13.4. The number of nitrogens with one attached hydrogen (secondary N) is 1. The quantitative estimate of drug-likeness (QED) is 0.761. The lowest BCUT2D eigenvalue weighted by Gasteiger charge is -2.15. The molecule has 3 nitrogen and oxygen atoms in total. The molecule has 0 bridgehead atoms. The first-order valence-electron chi connectivity index (χ1n) is 8.19. The van der Waals surface area contributed by atoms with Gasteiger partial charge in [-0.15, -0.1) is 0 Å². The van der Waals surface area contributed by atoms with E-state index in [0.29, 0.717) is 29.3 Å². The maximum absolute atomic E-state index is 6.18. The molecule has 1 atom stereocenters. The van der Waals surface area contributed by atoms with Crippen LogP contribution in [0.5, 0.6) is 5.75 Å². The van der Waals surface area contributed by atoms with Crippen molar-refractivity contribution in [1.82, 2.24) is 5.32 Å². The molecule has 1 fully saturated rings. The van der Waals surface area contributed by atoms with Crippen LogP contribution in [0.1, 0.15) is 24.0 Å². The van der Waals surface area contributed by atoms with Gasteiger partial charge in [-0.1, -0.05) is 41.4 Å². The molecular weight excluding hydrogens is 345 g/mol. The van der Waals surface area contributed by atoms with Gasteiger partial charge in [0.05, 0.1) is 6.10 Å². The summed E-state index contributed by atoms with van der Waals surface area (Å²) in [7, 11) is 0. The van der Waals surface area contributed by atoms with Gasteiger partial charge >= 0.3 is 0 Å². The van der Waals surface area contributed by atoms with Crippen LogP contribution in [0.4, 0.5) is 0 Å². The summed E-state index contributed by atoms with van der Waals surface area (Å²) in [5, 5.41) is 4.85. The second-order valence-corrected chi connectivity index (χ2v) is 6.74. The van der Waals surface area contributed by atoms with E-state index in [1.54, 1.807) is 0 Å². The molecular formula is C19H21Cl2NO2. The number of hydrogen-bond donors (Lipinski definition) is 1. The fraction of sp³-hybridized carbons (Fsp3) is 0.368. The van der Waals surface area contributed by atoms with E-state index in [-0.39, 0.29) is 0 Å². The minimum Gasteiger partial charge on any atom is -0.489 e. The Labute approximate surface area is 152 Å². The zero-order valence-electron chi connectivity index (χ0n) is 13.4. The SMILES string of the molecule is Clc1ccc(OCc2ccccc2Cl)c(CNCC2CCCO2)c1. The van der Waals surface area contributed by atoms with Crippen LogP contribution >= 0.6 is 23.2 Å². The van der Waals surface area contributed by atoms with Crippen molar-refractivity contribution >= 4 is 23.2 Å². The van der Waals surface area contributed by atoms with Crippen LogP contribution in [-0.2, 0) is 17.9 Å². The van der Waals surface area contributed by atoms with Crippen LogP contribution in [0.15, 0.2) is 42.5 Å². The highest BCUT2D eigenvalue weighted by atomic mass is 35.5. The topological polar surface area (TPSA) is 30.5 Å². The minimum atomic E-state index is 0.316. The van der Waals surface area contributed by atoms with Crippen molar-refractivity contribution in [1.29, 1.82) is 0 Å². The first-order chi connectivity index (χ1) is 11.7. The highest BCUT2D eigenvalue weighted by Gasteiger charge is 2.15. The largest absolute Gasteiger partial charge is 0.489 e. The predicted molar refractivity (Wildman–Crippen MR) is 97.9 cm³/mol. The van der Waals surface area contributed by atoms with Crippen molar-refractivity contribution in [3.8, 4) is 5.75 Å². The zero-order valence-corrected chi connectivity index (χ0v) is 14.9. The maximum Gasteiger partial charge on any atom is 0.124 e. The van der Waals surface area contributed by atoms with Gasteiger partial charge in [-0.25, -0.2) is 0 Å². The molecule has 0 aliphatic carbocycles. The first-order valence-corrected chi connectivity index (χ1v) is 8.95. The molecule has 1 aliphatic rings.